The number of hydrogen-bond donors (Lipinski definition) is 1. The number of aromatic nitrogens is 1. The molecule has 9 heteroatoms. The van der Waals surface area contributed by atoms with Gasteiger partial charge in [-0.15, -0.1) is 0 Å². The first-order chi connectivity index (χ1) is 14.4. The SMILES string of the molecule is CN(C)S(=O)(=O)Nc1ccccc1CCN1CCN(c2nsc3ccccc23)CC1. The molecule has 0 unspecified atom stereocenters. The van der Waals surface area contributed by atoms with Crippen LogP contribution in [0.4, 0.5) is 11.5 Å². The summed E-state index contributed by atoms with van der Waals surface area (Å²) in [6.07, 6.45) is 0.797. The van der Waals surface area contributed by atoms with Crippen LogP contribution >= 0.6 is 11.5 Å². The molecule has 0 amide bonds. The third-order valence-electron chi connectivity index (χ3n) is 5.46. The minimum absolute atomic E-state index is 0.652. The predicted molar refractivity (Wildman–Crippen MR) is 125 cm³/mol. The van der Waals surface area contributed by atoms with Gasteiger partial charge >= 0.3 is 10.2 Å². The lowest BCUT2D eigenvalue weighted by molar-refractivity contribution is 0.261. The molecule has 1 saturated heterocycles. The summed E-state index contributed by atoms with van der Waals surface area (Å²) in [5, 5.41) is 1.23. The van der Waals surface area contributed by atoms with Crippen molar-refractivity contribution in [3.8, 4) is 0 Å². The quantitative estimate of drug-likeness (QED) is 0.606. The van der Waals surface area contributed by atoms with E-state index in [4.69, 9.17) is 0 Å². The Morgan fingerprint density at radius 1 is 1.03 bits per heavy atom. The third-order valence-corrected chi connectivity index (χ3v) is 7.72. The average molecular weight is 446 g/mol. The van der Waals surface area contributed by atoms with E-state index in [2.05, 4.69) is 43.2 Å². The van der Waals surface area contributed by atoms with E-state index in [1.807, 2.05) is 24.3 Å². The number of anilines is 2. The number of benzene rings is 2. The molecule has 0 saturated carbocycles. The van der Waals surface area contributed by atoms with Gasteiger partial charge in [-0.05, 0) is 41.7 Å². The van der Waals surface area contributed by atoms with E-state index >= 15 is 0 Å². The van der Waals surface area contributed by atoms with Crippen molar-refractivity contribution in [1.82, 2.24) is 13.6 Å². The van der Waals surface area contributed by atoms with Crippen LogP contribution in [0.5, 0.6) is 0 Å². The van der Waals surface area contributed by atoms with Gasteiger partial charge in [0, 0.05) is 52.2 Å². The lowest BCUT2D eigenvalue weighted by Gasteiger charge is -2.35. The highest BCUT2D eigenvalue weighted by atomic mass is 32.2. The molecule has 2 aromatic carbocycles. The van der Waals surface area contributed by atoms with Crippen molar-refractivity contribution in [1.29, 1.82) is 0 Å². The number of fused-ring (bicyclic) bond motifs is 1. The number of hydrogen-bond acceptors (Lipinski definition) is 6. The smallest absolute Gasteiger partial charge is 0.301 e. The number of piperazine rings is 1. The minimum atomic E-state index is -3.51. The predicted octanol–water partition coefficient (Wildman–Crippen LogP) is 2.88. The summed E-state index contributed by atoms with van der Waals surface area (Å²) in [6.45, 7) is 4.73. The first-order valence-corrected chi connectivity index (χ1v) is 12.3. The molecule has 4 rings (SSSR count). The van der Waals surface area contributed by atoms with Crippen molar-refractivity contribution in [2.75, 3.05) is 56.4 Å². The monoisotopic (exact) mass is 445 g/mol. The molecule has 7 nitrogen and oxygen atoms in total. The normalized spacial score (nSPS) is 15.8. The van der Waals surface area contributed by atoms with Crippen LogP contribution in [0.15, 0.2) is 48.5 Å². The molecule has 0 radical (unpaired) electrons. The van der Waals surface area contributed by atoms with Crippen LogP contribution < -0.4 is 9.62 Å². The highest BCUT2D eigenvalue weighted by Gasteiger charge is 2.21. The van der Waals surface area contributed by atoms with E-state index < -0.39 is 10.2 Å². The zero-order valence-electron chi connectivity index (χ0n) is 17.3. The Hall–Kier alpha value is -2.20. The summed E-state index contributed by atoms with van der Waals surface area (Å²) in [5.41, 5.74) is 1.66. The molecule has 3 aromatic rings. The Balaban J connectivity index is 1.35. The first kappa shape index (κ1) is 21.0. The van der Waals surface area contributed by atoms with Crippen molar-refractivity contribution < 1.29 is 8.42 Å². The molecule has 160 valence electrons. The van der Waals surface area contributed by atoms with Gasteiger partial charge < -0.3 is 4.90 Å². The van der Waals surface area contributed by atoms with E-state index in [0.717, 1.165) is 50.5 Å². The van der Waals surface area contributed by atoms with Crippen molar-refractivity contribution in [3.63, 3.8) is 0 Å². The van der Waals surface area contributed by atoms with Gasteiger partial charge in [-0.3, -0.25) is 9.62 Å². The van der Waals surface area contributed by atoms with Gasteiger partial charge in [0.05, 0.1) is 10.4 Å². The highest BCUT2D eigenvalue weighted by molar-refractivity contribution is 7.90. The van der Waals surface area contributed by atoms with Gasteiger partial charge in [0.2, 0.25) is 0 Å². The maximum atomic E-state index is 12.2. The standard InChI is InChI=1S/C21H27N5O2S2/c1-24(2)30(27,28)23-19-9-5-3-7-17(19)11-12-25-13-15-26(16-14-25)21-18-8-4-6-10-20(18)29-22-21/h3-10,23H,11-16H2,1-2H3. The summed E-state index contributed by atoms with van der Waals surface area (Å²) in [7, 11) is -0.463. The van der Waals surface area contributed by atoms with Gasteiger partial charge in [-0.1, -0.05) is 30.3 Å². The van der Waals surface area contributed by atoms with Crippen molar-refractivity contribution in [2.24, 2.45) is 0 Å². The summed E-state index contributed by atoms with van der Waals surface area (Å²) >= 11 is 1.56. The van der Waals surface area contributed by atoms with Gasteiger partial charge in [0.15, 0.2) is 0 Å². The summed E-state index contributed by atoms with van der Waals surface area (Å²) in [4.78, 5) is 4.80. The molecule has 0 atom stereocenters. The highest BCUT2D eigenvalue weighted by Crippen LogP contribution is 2.29. The van der Waals surface area contributed by atoms with Crippen LogP contribution in [-0.4, -0.2) is 68.8 Å². The number of rotatable bonds is 7. The van der Waals surface area contributed by atoms with Gasteiger partial charge in [-0.2, -0.15) is 17.1 Å². The summed E-state index contributed by atoms with van der Waals surface area (Å²) in [6, 6.07) is 16.0. The molecule has 1 fully saturated rings. The van der Waals surface area contributed by atoms with Crippen molar-refractivity contribution >= 4 is 43.3 Å². The molecule has 30 heavy (non-hydrogen) atoms. The van der Waals surface area contributed by atoms with E-state index in [1.165, 1.54) is 28.5 Å². The van der Waals surface area contributed by atoms with E-state index in [1.54, 1.807) is 11.5 Å². The molecule has 0 bridgehead atoms. The first-order valence-electron chi connectivity index (χ1n) is 10.0. The number of nitrogens with zero attached hydrogens (tertiary/aromatic N) is 4. The van der Waals surface area contributed by atoms with Gasteiger partial charge in [0.1, 0.15) is 5.82 Å². The number of para-hydroxylation sites is 1. The van der Waals surface area contributed by atoms with Gasteiger partial charge in [-0.25, -0.2) is 0 Å². The summed E-state index contributed by atoms with van der Waals surface area (Å²) < 4.78 is 34.2. The summed E-state index contributed by atoms with van der Waals surface area (Å²) in [5.74, 6) is 1.10. The van der Waals surface area contributed by atoms with Crippen LogP contribution in [0.1, 0.15) is 5.56 Å². The van der Waals surface area contributed by atoms with Crippen molar-refractivity contribution in [3.05, 3.63) is 54.1 Å². The van der Waals surface area contributed by atoms with Gasteiger partial charge in [0.25, 0.3) is 0 Å². The molecule has 0 aliphatic carbocycles. The zero-order chi connectivity index (χ0) is 21.1. The topological polar surface area (TPSA) is 68.8 Å². The maximum Gasteiger partial charge on any atom is 0.301 e. The van der Waals surface area contributed by atoms with Crippen molar-refractivity contribution in [2.45, 2.75) is 6.42 Å². The Labute approximate surface area is 182 Å². The van der Waals surface area contributed by atoms with Crippen LogP contribution in [-0.2, 0) is 16.6 Å². The Morgan fingerprint density at radius 2 is 1.73 bits per heavy atom. The molecular formula is C21H27N5O2S2. The fourth-order valence-corrected chi connectivity index (χ4v) is 5.09. The molecular weight excluding hydrogens is 418 g/mol. The largest absolute Gasteiger partial charge is 0.353 e. The number of nitrogens with one attached hydrogen (secondary N) is 1. The minimum Gasteiger partial charge on any atom is -0.353 e. The second kappa shape index (κ2) is 8.89. The molecule has 1 aliphatic rings. The molecule has 0 spiro atoms. The van der Waals surface area contributed by atoms with E-state index in [-0.39, 0.29) is 0 Å². The van der Waals surface area contributed by atoms with Crippen LogP contribution in [0.25, 0.3) is 10.1 Å². The molecule has 1 N–H and O–H groups in total. The lowest BCUT2D eigenvalue weighted by Crippen LogP contribution is -2.47. The second-order valence-electron chi connectivity index (χ2n) is 7.63. The van der Waals surface area contributed by atoms with Crippen LogP contribution in [0.2, 0.25) is 0 Å². The van der Waals surface area contributed by atoms with Crippen LogP contribution in [0.3, 0.4) is 0 Å². The lowest BCUT2D eigenvalue weighted by atomic mass is 10.1. The molecule has 1 aromatic heterocycles. The fourth-order valence-electron chi connectivity index (χ4n) is 3.63. The van der Waals surface area contributed by atoms with E-state index in [9.17, 15) is 8.42 Å². The molecule has 2 heterocycles. The molecule has 1 aliphatic heterocycles. The van der Waals surface area contributed by atoms with E-state index in [0.29, 0.717) is 5.69 Å². The fraction of sp³-hybridized carbons (Fsp3) is 0.381. The maximum absolute atomic E-state index is 12.2. The third kappa shape index (κ3) is 4.59. The Morgan fingerprint density at radius 3 is 2.50 bits per heavy atom. The van der Waals surface area contributed by atoms with Crippen LogP contribution in [0, 0.1) is 0 Å². The Bertz CT molecular complexity index is 1110. The second-order valence-corrected chi connectivity index (χ2v) is 10.3. The Kier molecular flexibility index (Phi) is 6.24. The zero-order valence-corrected chi connectivity index (χ0v) is 18.9. The average Bonchev–Trinajstić information content (AvgIpc) is 3.17.